The van der Waals surface area contributed by atoms with E-state index in [2.05, 4.69) is 10.3 Å². The Bertz CT molecular complexity index is 907. The van der Waals surface area contributed by atoms with Crippen LogP contribution in [0.2, 0.25) is 0 Å². The third kappa shape index (κ3) is 2.82. The summed E-state index contributed by atoms with van der Waals surface area (Å²) in [5.74, 6) is -0.514. The molecule has 0 fully saturated rings. The lowest BCUT2D eigenvalue weighted by Crippen LogP contribution is -2.05. The molecule has 0 spiro atoms. The van der Waals surface area contributed by atoms with Gasteiger partial charge >= 0.3 is 5.82 Å². The highest BCUT2D eigenvalue weighted by Crippen LogP contribution is 2.34. The highest BCUT2D eigenvalue weighted by atomic mass is 16.6. The molecule has 1 heterocycles. The molecule has 120 valence electrons. The predicted molar refractivity (Wildman–Crippen MR) is 84.3 cm³/mol. The van der Waals surface area contributed by atoms with Crippen molar-refractivity contribution in [1.82, 2.24) is 15.0 Å². The molecule has 3 rings (SSSR count). The van der Waals surface area contributed by atoms with Gasteiger partial charge in [0.25, 0.3) is 5.69 Å². The van der Waals surface area contributed by atoms with E-state index in [0.717, 1.165) is 5.56 Å². The van der Waals surface area contributed by atoms with Gasteiger partial charge in [-0.05, 0) is 16.6 Å². The Morgan fingerprint density at radius 1 is 0.917 bits per heavy atom. The fourth-order valence-electron chi connectivity index (χ4n) is 2.39. The van der Waals surface area contributed by atoms with Gasteiger partial charge in [-0.3, -0.25) is 10.1 Å². The lowest BCUT2D eigenvalue weighted by molar-refractivity contribution is -0.389. The molecule has 24 heavy (non-hydrogen) atoms. The van der Waals surface area contributed by atoms with E-state index in [0.29, 0.717) is 0 Å². The number of rotatable bonds is 5. The SMILES string of the molecule is O=[N+]([O-])c1ccccc1-c1c([N+](=O)[O-])nnn1Cc1ccccc1. The summed E-state index contributed by atoms with van der Waals surface area (Å²) in [6.45, 7) is 0.211. The Labute approximate surface area is 135 Å². The highest BCUT2D eigenvalue weighted by Gasteiger charge is 2.30. The summed E-state index contributed by atoms with van der Waals surface area (Å²) in [6, 6.07) is 15.0. The molecular formula is C15H11N5O4. The molecule has 0 amide bonds. The summed E-state index contributed by atoms with van der Waals surface area (Å²) in [7, 11) is 0. The smallest absolute Gasteiger partial charge is 0.358 e. The van der Waals surface area contributed by atoms with Crippen LogP contribution in [0.15, 0.2) is 54.6 Å². The van der Waals surface area contributed by atoms with Crippen LogP contribution in [0.5, 0.6) is 0 Å². The predicted octanol–water partition coefficient (Wildman–Crippen LogP) is 2.81. The van der Waals surface area contributed by atoms with Crippen molar-refractivity contribution in [3.8, 4) is 11.3 Å². The zero-order chi connectivity index (χ0) is 17.1. The van der Waals surface area contributed by atoms with Gasteiger partial charge in [-0.25, -0.2) is 4.68 Å². The van der Waals surface area contributed by atoms with Gasteiger partial charge in [-0.2, -0.15) is 0 Å². The van der Waals surface area contributed by atoms with Gasteiger partial charge < -0.3 is 10.1 Å². The van der Waals surface area contributed by atoms with Crippen LogP contribution in [0.4, 0.5) is 11.5 Å². The van der Waals surface area contributed by atoms with Gasteiger partial charge in [0.15, 0.2) is 5.69 Å². The van der Waals surface area contributed by atoms with Crippen molar-refractivity contribution in [3.63, 3.8) is 0 Å². The number of para-hydroxylation sites is 1. The summed E-state index contributed by atoms with van der Waals surface area (Å²) in [5, 5.41) is 29.9. The van der Waals surface area contributed by atoms with E-state index in [1.165, 1.54) is 22.9 Å². The second kappa shape index (κ2) is 6.24. The summed E-state index contributed by atoms with van der Waals surface area (Å²) < 4.78 is 1.30. The molecule has 9 heteroatoms. The van der Waals surface area contributed by atoms with Crippen LogP contribution >= 0.6 is 0 Å². The average Bonchev–Trinajstić information content (AvgIpc) is 2.99. The number of aromatic nitrogens is 3. The number of nitrogens with zero attached hydrogens (tertiary/aromatic N) is 5. The van der Waals surface area contributed by atoms with Crippen LogP contribution in [-0.2, 0) is 6.54 Å². The normalized spacial score (nSPS) is 10.5. The molecule has 0 N–H and O–H groups in total. The number of hydrogen-bond acceptors (Lipinski definition) is 6. The molecule has 0 aliphatic carbocycles. The van der Waals surface area contributed by atoms with Crippen LogP contribution in [0, 0.1) is 20.2 Å². The lowest BCUT2D eigenvalue weighted by Gasteiger charge is -2.06. The minimum absolute atomic E-state index is 0.0103. The second-order valence-electron chi connectivity index (χ2n) is 4.94. The van der Waals surface area contributed by atoms with Crippen molar-refractivity contribution in [1.29, 1.82) is 0 Å². The number of hydrogen-bond donors (Lipinski definition) is 0. The number of nitro benzene ring substituents is 1. The van der Waals surface area contributed by atoms with Crippen molar-refractivity contribution < 1.29 is 9.85 Å². The van der Waals surface area contributed by atoms with Gasteiger partial charge in [0.2, 0.25) is 0 Å². The zero-order valence-corrected chi connectivity index (χ0v) is 12.3. The Balaban J connectivity index is 2.17. The molecule has 0 saturated heterocycles. The van der Waals surface area contributed by atoms with Gasteiger partial charge in [0.05, 0.1) is 22.2 Å². The van der Waals surface area contributed by atoms with Gasteiger partial charge in [-0.15, -0.1) is 0 Å². The lowest BCUT2D eigenvalue weighted by atomic mass is 10.1. The largest absolute Gasteiger partial charge is 0.418 e. The molecule has 0 atom stereocenters. The molecule has 9 nitrogen and oxygen atoms in total. The third-order valence-electron chi connectivity index (χ3n) is 3.42. The highest BCUT2D eigenvalue weighted by molar-refractivity contribution is 5.76. The van der Waals surface area contributed by atoms with Gasteiger partial charge in [0, 0.05) is 6.07 Å². The third-order valence-corrected chi connectivity index (χ3v) is 3.42. The van der Waals surface area contributed by atoms with Crippen LogP contribution in [0.3, 0.4) is 0 Å². The van der Waals surface area contributed by atoms with E-state index in [1.54, 1.807) is 6.07 Å². The molecule has 0 aliphatic rings. The first kappa shape index (κ1) is 15.3. The minimum Gasteiger partial charge on any atom is -0.358 e. The van der Waals surface area contributed by atoms with E-state index in [1.807, 2.05) is 30.3 Å². The molecule has 2 aromatic carbocycles. The molecular weight excluding hydrogens is 314 g/mol. The van der Waals surface area contributed by atoms with Crippen LogP contribution in [0.1, 0.15) is 5.56 Å². The Morgan fingerprint density at radius 2 is 1.58 bits per heavy atom. The molecule has 0 radical (unpaired) electrons. The maximum absolute atomic E-state index is 11.3. The first-order valence-corrected chi connectivity index (χ1v) is 6.93. The first-order valence-electron chi connectivity index (χ1n) is 6.93. The maximum Gasteiger partial charge on any atom is 0.418 e. The molecule has 3 aromatic rings. The van der Waals surface area contributed by atoms with Crippen LogP contribution in [-0.4, -0.2) is 24.8 Å². The van der Waals surface area contributed by atoms with Crippen molar-refractivity contribution in [2.24, 2.45) is 0 Å². The fourth-order valence-corrected chi connectivity index (χ4v) is 2.39. The molecule has 1 aromatic heterocycles. The first-order chi connectivity index (χ1) is 11.6. The Kier molecular flexibility index (Phi) is 3.98. The van der Waals surface area contributed by atoms with Crippen molar-refractivity contribution >= 4 is 11.5 Å². The maximum atomic E-state index is 11.3. The van der Waals surface area contributed by atoms with E-state index in [9.17, 15) is 20.2 Å². The molecule has 0 unspecified atom stereocenters. The molecule has 0 bridgehead atoms. The van der Waals surface area contributed by atoms with Crippen LogP contribution < -0.4 is 0 Å². The fraction of sp³-hybridized carbons (Fsp3) is 0.0667. The quantitative estimate of drug-likeness (QED) is 0.526. The number of benzene rings is 2. The minimum atomic E-state index is -0.694. The van der Waals surface area contributed by atoms with Gasteiger partial charge in [-0.1, -0.05) is 42.5 Å². The van der Waals surface area contributed by atoms with E-state index in [4.69, 9.17) is 0 Å². The van der Waals surface area contributed by atoms with Crippen molar-refractivity contribution in [2.45, 2.75) is 6.54 Å². The van der Waals surface area contributed by atoms with Crippen molar-refractivity contribution in [3.05, 3.63) is 80.4 Å². The summed E-state index contributed by atoms with van der Waals surface area (Å²) in [5.41, 5.74) is 0.723. The second-order valence-corrected chi connectivity index (χ2v) is 4.94. The van der Waals surface area contributed by atoms with E-state index >= 15 is 0 Å². The number of nitro groups is 2. The van der Waals surface area contributed by atoms with E-state index < -0.39 is 15.7 Å². The summed E-state index contributed by atoms with van der Waals surface area (Å²) in [4.78, 5) is 21.2. The average molecular weight is 325 g/mol. The summed E-state index contributed by atoms with van der Waals surface area (Å²) >= 11 is 0. The zero-order valence-electron chi connectivity index (χ0n) is 12.3. The van der Waals surface area contributed by atoms with E-state index in [-0.39, 0.29) is 23.5 Å². The molecule has 0 aliphatic heterocycles. The Morgan fingerprint density at radius 3 is 2.25 bits per heavy atom. The van der Waals surface area contributed by atoms with Crippen molar-refractivity contribution in [2.75, 3.05) is 0 Å². The summed E-state index contributed by atoms with van der Waals surface area (Å²) in [6.07, 6.45) is 0. The molecule has 0 saturated carbocycles. The van der Waals surface area contributed by atoms with Crippen LogP contribution in [0.25, 0.3) is 11.3 Å². The Hall–Kier alpha value is -3.62. The van der Waals surface area contributed by atoms with Gasteiger partial charge in [0.1, 0.15) is 5.10 Å². The topological polar surface area (TPSA) is 117 Å². The monoisotopic (exact) mass is 325 g/mol. The standard InChI is InChI=1S/C15H11N5O4/c21-19(22)13-9-5-4-8-12(13)14-15(20(23)24)16-17-18(14)10-11-6-2-1-3-7-11/h1-9H,10H2.